The van der Waals surface area contributed by atoms with E-state index in [4.69, 9.17) is 10.8 Å². The molecular weight excluding hydrogens is 214 g/mol. The van der Waals surface area contributed by atoms with E-state index < -0.39 is 5.97 Å². The first-order valence-electron chi connectivity index (χ1n) is 4.03. The van der Waals surface area contributed by atoms with Crippen molar-refractivity contribution in [2.75, 3.05) is 0 Å². The molecule has 0 amide bonds. The van der Waals surface area contributed by atoms with Crippen molar-refractivity contribution in [2.45, 2.75) is 0 Å². The second-order valence-electron chi connectivity index (χ2n) is 2.61. The average Bonchev–Trinajstić information content (AvgIpc) is 2.18. The molecule has 78 valence electrons. The minimum Gasteiger partial charge on any atom is -0.476 e. The van der Waals surface area contributed by atoms with Crippen LogP contribution in [0.1, 0.15) is 5.56 Å². The maximum Gasteiger partial charge on any atom is 0.356 e. The van der Waals surface area contributed by atoms with Crippen LogP contribution < -0.4 is 11.2 Å². The Hall–Kier alpha value is -1.95. The maximum atomic E-state index is 10.9. The summed E-state index contributed by atoms with van der Waals surface area (Å²) in [6.45, 7) is 0. The average molecular weight is 223 g/mol. The third kappa shape index (κ3) is 3.35. The lowest BCUT2D eigenvalue weighted by Crippen LogP contribution is -2.27. The Morgan fingerprint density at radius 1 is 1.40 bits per heavy atom. The van der Waals surface area contributed by atoms with E-state index in [-0.39, 0.29) is 10.8 Å². The summed E-state index contributed by atoms with van der Waals surface area (Å²) in [6, 6.07) is 8.48. The van der Waals surface area contributed by atoms with E-state index in [1.807, 2.05) is 0 Å². The molecule has 0 atom stereocenters. The van der Waals surface area contributed by atoms with E-state index in [2.05, 4.69) is 22.7 Å². The van der Waals surface area contributed by atoms with Crippen LogP contribution >= 0.6 is 12.2 Å². The quantitative estimate of drug-likeness (QED) is 0.390. The molecule has 0 aliphatic carbocycles. The highest BCUT2D eigenvalue weighted by Gasteiger charge is 2.11. The summed E-state index contributed by atoms with van der Waals surface area (Å²) < 4.78 is 0. The lowest BCUT2D eigenvalue weighted by atomic mass is 10.1. The van der Waals surface area contributed by atoms with Gasteiger partial charge in [-0.15, -0.1) is 0 Å². The number of nitrogens with one attached hydrogen (secondary N) is 1. The fourth-order valence-electron chi connectivity index (χ4n) is 0.943. The Kier molecular flexibility index (Phi) is 3.75. The summed E-state index contributed by atoms with van der Waals surface area (Å²) in [5.41, 5.74) is 7.73. The number of hydrogen-bond acceptors (Lipinski definition) is 3. The lowest BCUT2D eigenvalue weighted by molar-refractivity contribution is -0.129. The lowest BCUT2D eigenvalue weighted by Gasteiger charge is -2.01. The standard InChI is InChI=1S/C9H9N3O2S/c10-9(15)12-11-7(8(13)14)6-4-2-1-3-5-6/h1-5H,(H,13,14)(H3,10,12,15). The number of hydrazone groups is 1. The molecule has 1 rings (SSSR count). The van der Waals surface area contributed by atoms with Gasteiger partial charge < -0.3 is 10.8 Å². The van der Waals surface area contributed by atoms with Crippen molar-refractivity contribution in [3.63, 3.8) is 0 Å². The van der Waals surface area contributed by atoms with E-state index in [0.29, 0.717) is 5.56 Å². The van der Waals surface area contributed by atoms with Gasteiger partial charge in [-0.1, -0.05) is 30.3 Å². The van der Waals surface area contributed by atoms with Gasteiger partial charge in [0.2, 0.25) is 0 Å². The summed E-state index contributed by atoms with van der Waals surface area (Å²) in [6.07, 6.45) is 0. The summed E-state index contributed by atoms with van der Waals surface area (Å²) in [5.74, 6) is -1.15. The van der Waals surface area contributed by atoms with Crippen LogP contribution in [0.4, 0.5) is 0 Å². The number of nitrogens with zero attached hydrogens (tertiary/aromatic N) is 1. The zero-order valence-corrected chi connectivity index (χ0v) is 8.49. The molecule has 0 unspecified atom stereocenters. The Morgan fingerprint density at radius 3 is 2.47 bits per heavy atom. The summed E-state index contributed by atoms with van der Waals surface area (Å²) >= 11 is 4.52. The fraction of sp³-hybridized carbons (Fsp3) is 0. The molecule has 0 saturated carbocycles. The SMILES string of the molecule is NC(=S)NN=C(C(=O)O)c1ccccc1. The Labute approximate surface area is 91.6 Å². The topological polar surface area (TPSA) is 87.7 Å². The molecule has 0 radical (unpaired) electrons. The Bertz CT molecular complexity index is 403. The zero-order valence-electron chi connectivity index (χ0n) is 7.68. The third-order valence-corrected chi connectivity index (χ3v) is 1.62. The Morgan fingerprint density at radius 2 is 2.00 bits per heavy atom. The molecule has 1 aromatic carbocycles. The van der Waals surface area contributed by atoms with Crippen LogP contribution in [0.2, 0.25) is 0 Å². The molecule has 6 heteroatoms. The van der Waals surface area contributed by atoms with Crippen molar-refractivity contribution in [3.05, 3.63) is 35.9 Å². The maximum absolute atomic E-state index is 10.9. The number of benzene rings is 1. The predicted octanol–water partition coefficient (Wildman–Crippen LogP) is 0.308. The van der Waals surface area contributed by atoms with Crippen LogP contribution in [0.3, 0.4) is 0 Å². The van der Waals surface area contributed by atoms with Gasteiger partial charge >= 0.3 is 5.97 Å². The van der Waals surface area contributed by atoms with Gasteiger partial charge in [-0.25, -0.2) is 4.79 Å². The number of hydrogen-bond donors (Lipinski definition) is 3. The molecule has 0 heterocycles. The molecule has 0 fully saturated rings. The molecule has 5 nitrogen and oxygen atoms in total. The van der Waals surface area contributed by atoms with Gasteiger partial charge in [-0.2, -0.15) is 5.10 Å². The first kappa shape index (κ1) is 11.1. The van der Waals surface area contributed by atoms with Crippen molar-refractivity contribution in [2.24, 2.45) is 10.8 Å². The summed E-state index contributed by atoms with van der Waals surface area (Å²) in [4.78, 5) is 10.9. The van der Waals surface area contributed by atoms with E-state index in [9.17, 15) is 4.79 Å². The highest BCUT2D eigenvalue weighted by Crippen LogP contribution is 2.00. The van der Waals surface area contributed by atoms with E-state index in [1.54, 1.807) is 30.3 Å². The molecule has 4 N–H and O–H groups in total. The molecule has 1 aromatic rings. The monoisotopic (exact) mass is 223 g/mol. The Balaban J connectivity index is 2.99. The minimum atomic E-state index is -1.15. The second-order valence-corrected chi connectivity index (χ2v) is 3.05. The van der Waals surface area contributed by atoms with Gasteiger partial charge in [0.15, 0.2) is 10.8 Å². The van der Waals surface area contributed by atoms with Gasteiger partial charge in [-0.05, 0) is 12.2 Å². The molecule has 0 aliphatic heterocycles. The minimum absolute atomic E-state index is 0.0790. The molecule has 0 aromatic heterocycles. The molecular formula is C9H9N3O2S. The molecule has 0 saturated heterocycles. The molecule has 15 heavy (non-hydrogen) atoms. The number of nitrogens with two attached hydrogens (primary N) is 1. The molecule has 0 spiro atoms. The van der Waals surface area contributed by atoms with Gasteiger partial charge in [0.1, 0.15) is 0 Å². The van der Waals surface area contributed by atoms with Crippen molar-refractivity contribution < 1.29 is 9.90 Å². The summed E-state index contributed by atoms with van der Waals surface area (Å²) in [5, 5.41) is 12.4. The van der Waals surface area contributed by atoms with Crippen LogP contribution in [0.15, 0.2) is 35.4 Å². The third-order valence-electron chi connectivity index (χ3n) is 1.53. The van der Waals surface area contributed by atoms with Crippen LogP contribution in [0.5, 0.6) is 0 Å². The van der Waals surface area contributed by atoms with Gasteiger partial charge in [0.05, 0.1) is 0 Å². The van der Waals surface area contributed by atoms with E-state index in [0.717, 1.165) is 0 Å². The van der Waals surface area contributed by atoms with Crippen molar-refractivity contribution in [1.82, 2.24) is 5.43 Å². The normalized spacial score (nSPS) is 10.8. The number of aliphatic carboxylic acids is 1. The number of thiocarbonyl (C=S) groups is 1. The summed E-state index contributed by atoms with van der Waals surface area (Å²) in [7, 11) is 0. The van der Waals surface area contributed by atoms with Gasteiger partial charge in [-0.3, -0.25) is 5.43 Å². The van der Waals surface area contributed by atoms with Crippen molar-refractivity contribution in [1.29, 1.82) is 0 Å². The first-order chi connectivity index (χ1) is 7.11. The molecule has 0 bridgehead atoms. The van der Waals surface area contributed by atoms with Crippen LogP contribution in [0.25, 0.3) is 0 Å². The van der Waals surface area contributed by atoms with Crippen LogP contribution in [-0.2, 0) is 4.79 Å². The van der Waals surface area contributed by atoms with Gasteiger partial charge in [0.25, 0.3) is 0 Å². The van der Waals surface area contributed by atoms with E-state index >= 15 is 0 Å². The smallest absolute Gasteiger partial charge is 0.356 e. The van der Waals surface area contributed by atoms with Crippen LogP contribution in [0, 0.1) is 0 Å². The second kappa shape index (κ2) is 5.06. The molecule has 0 aliphatic rings. The number of rotatable bonds is 3. The highest BCUT2D eigenvalue weighted by atomic mass is 32.1. The largest absolute Gasteiger partial charge is 0.476 e. The number of carboxylic acids is 1. The highest BCUT2D eigenvalue weighted by molar-refractivity contribution is 7.80. The fourth-order valence-corrected chi connectivity index (χ4v) is 0.989. The first-order valence-corrected chi connectivity index (χ1v) is 4.44. The number of carboxylic acid groups (broad SMARTS) is 1. The van der Waals surface area contributed by atoms with Crippen molar-refractivity contribution >= 4 is 29.0 Å². The van der Waals surface area contributed by atoms with Gasteiger partial charge in [0, 0.05) is 5.56 Å². The van der Waals surface area contributed by atoms with Crippen molar-refractivity contribution in [3.8, 4) is 0 Å². The van der Waals surface area contributed by atoms with Crippen LogP contribution in [-0.4, -0.2) is 21.9 Å². The zero-order chi connectivity index (χ0) is 11.3. The number of carbonyl (C=O) groups is 1. The van der Waals surface area contributed by atoms with E-state index in [1.165, 1.54) is 0 Å². The predicted molar refractivity (Wildman–Crippen MR) is 60.5 cm³/mol.